The maximum absolute atomic E-state index is 10.6. The highest BCUT2D eigenvalue weighted by Crippen LogP contribution is 2.16. The molecule has 0 saturated heterocycles. The molecule has 104 valence electrons. The van der Waals surface area contributed by atoms with Crippen LogP contribution < -0.4 is 5.32 Å². The second kappa shape index (κ2) is 6.81. The van der Waals surface area contributed by atoms with Gasteiger partial charge in [-0.05, 0) is 52.8 Å². The van der Waals surface area contributed by atoms with Crippen LogP contribution in [-0.4, -0.2) is 4.92 Å². The Morgan fingerprint density at radius 2 is 1.75 bits per heavy atom. The summed E-state index contributed by atoms with van der Waals surface area (Å²) in [7, 11) is 0. The molecular weight excluding hydrogens is 367 g/mol. The summed E-state index contributed by atoms with van der Waals surface area (Å²) in [5.74, 6) is 0. The van der Waals surface area contributed by atoms with Gasteiger partial charge in [-0.25, -0.2) is 0 Å². The van der Waals surface area contributed by atoms with E-state index in [1.54, 1.807) is 12.1 Å². The Kier molecular flexibility index (Phi) is 5.08. The minimum Gasteiger partial charge on any atom is -0.306 e. The SMILES string of the molecule is CC(NCc1ccc([N+](=O)[O-])cc1)c1ccc(I)cc1. The van der Waals surface area contributed by atoms with Crippen LogP contribution in [0.15, 0.2) is 48.5 Å². The lowest BCUT2D eigenvalue weighted by molar-refractivity contribution is -0.384. The summed E-state index contributed by atoms with van der Waals surface area (Å²) in [5.41, 5.74) is 2.39. The average Bonchev–Trinajstić information content (AvgIpc) is 2.46. The zero-order valence-electron chi connectivity index (χ0n) is 11.0. The lowest BCUT2D eigenvalue weighted by atomic mass is 10.1. The van der Waals surface area contributed by atoms with Crippen molar-refractivity contribution >= 4 is 28.3 Å². The molecule has 2 aromatic rings. The number of rotatable bonds is 5. The molecule has 2 aromatic carbocycles. The van der Waals surface area contributed by atoms with Crippen molar-refractivity contribution in [3.63, 3.8) is 0 Å². The lowest BCUT2D eigenvalue weighted by Crippen LogP contribution is -2.18. The predicted octanol–water partition coefficient (Wildman–Crippen LogP) is 4.05. The number of nitrogens with one attached hydrogen (secondary N) is 1. The van der Waals surface area contributed by atoms with Crippen LogP contribution >= 0.6 is 22.6 Å². The van der Waals surface area contributed by atoms with Crippen molar-refractivity contribution in [3.8, 4) is 0 Å². The second-order valence-corrected chi connectivity index (χ2v) is 5.82. The van der Waals surface area contributed by atoms with Crippen molar-refractivity contribution in [1.29, 1.82) is 0 Å². The first kappa shape index (κ1) is 14.9. The maximum atomic E-state index is 10.6. The van der Waals surface area contributed by atoms with Gasteiger partial charge in [0.05, 0.1) is 4.92 Å². The number of halogens is 1. The van der Waals surface area contributed by atoms with E-state index in [2.05, 4.69) is 59.1 Å². The highest BCUT2D eigenvalue weighted by Gasteiger charge is 2.06. The van der Waals surface area contributed by atoms with Gasteiger partial charge in [0.1, 0.15) is 0 Å². The molecular formula is C15H15IN2O2. The van der Waals surface area contributed by atoms with Crippen molar-refractivity contribution in [3.05, 3.63) is 73.3 Å². The van der Waals surface area contributed by atoms with Crippen LogP contribution in [0.25, 0.3) is 0 Å². The summed E-state index contributed by atoms with van der Waals surface area (Å²) in [6.07, 6.45) is 0. The second-order valence-electron chi connectivity index (χ2n) is 4.58. The first-order chi connectivity index (χ1) is 9.56. The van der Waals surface area contributed by atoms with Gasteiger partial charge >= 0.3 is 0 Å². The Hall–Kier alpha value is -1.47. The molecule has 2 rings (SSSR count). The summed E-state index contributed by atoms with van der Waals surface area (Å²) in [6, 6.07) is 15.3. The zero-order chi connectivity index (χ0) is 14.5. The molecule has 0 saturated carbocycles. The van der Waals surface area contributed by atoms with Gasteiger partial charge in [0, 0.05) is 28.3 Å². The molecule has 20 heavy (non-hydrogen) atoms. The van der Waals surface area contributed by atoms with E-state index in [1.807, 2.05) is 0 Å². The largest absolute Gasteiger partial charge is 0.306 e. The van der Waals surface area contributed by atoms with Gasteiger partial charge in [0.25, 0.3) is 5.69 Å². The Morgan fingerprint density at radius 3 is 2.30 bits per heavy atom. The summed E-state index contributed by atoms with van der Waals surface area (Å²) >= 11 is 2.28. The van der Waals surface area contributed by atoms with Crippen LogP contribution in [0.1, 0.15) is 24.1 Å². The lowest BCUT2D eigenvalue weighted by Gasteiger charge is -2.14. The molecule has 1 unspecified atom stereocenters. The van der Waals surface area contributed by atoms with E-state index in [9.17, 15) is 10.1 Å². The third kappa shape index (κ3) is 4.01. The summed E-state index contributed by atoms with van der Waals surface area (Å²) < 4.78 is 1.22. The predicted molar refractivity (Wildman–Crippen MR) is 87.5 cm³/mol. The molecule has 0 heterocycles. The van der Waals surface area contributed by atoms with Crippen LogP contribution in [0, 0.1) is 13.7 Å². The molecule has 0 bridgehead atoms. The Balaban J connectivity index is 1.94. The zero-order valence-corrected chi connectivity index (χ0v) is 13.2. The molecule has 0 aliphatic rings. The van der Waals surface area contributed by atoms with Gasteiger partial charge in [-0.2, -0.15) is 0 Å². The molecule has 0 amide bonds. The summed E-state index contributed by atoms with van der Waals surface area (Å²) in [6.45, 7) is 2.79. The Bertz CT molecular complexity index is 582. The van der Waals surface area contributed by atoms with Crippen LogP contribution in [0.3, 0.4) is 0 Å². The number of nitrogens with zero attached hydrogens (tertiary/aromatic N) is 1. The molecule has 0 radical (unpaired) electrons. The maximum Gasteiger partial charge on any atom is 0.269 e. The molecule has 0 aliphatic heterocycles. The number of nitro groups is 1. The van der Waals surface area contributed by atoms with E-state index in [0.717, 1.165) is 5.56 Å². The fourth-order valence-corrected chi connectivity index (χ4v) is 2.24. The molecule has 0 spiro atoms. The molecule has 0 fully saturated rings. The fourth-order valence-electron chi connectivity index (χ4n) is 1.88. The number of nitro benzene ring substituents is 1. The van der Waals surface area contributed by atoms with E-state index in [4.69, 9.17) is 0 Å². The third-order valence-corrected chi connectivity index (χ3v) is 3.85. The normalized spacial score (nSPS) is 12.1. The van der Waals surface area contributed by atoms with Gasteiger partial charge in [-0.1, -0.05) is 24.3 Å². The topological polar surface area (TPSA) is 55.2 Å². The fraction of sp³-hybridized carbons (Fsp3) is 0.200. The molecule has 1 N–H and O–H groups in total. The van der Waals surface area contributed by atoms with Crippen molar-refractivity contribution in [1.82, 2.24) is 5.32 Å². The molecule has 0 aliphatic carbocycles. The quantitative estimate of drug-likeness (QED) is 0.482. The van der Waals surface area contributed by atoms with Crippen molar-refractivity contribution < 1.29 is 4.92 Å². The van der Waals surface area contributed by atoms with Gasteiger partial charge < -0.3 is 5.32 Å². The average molecular weight is 382 g/mol. The number of non-ortho nitro benzene ring substituents is 1. The van der Waals surface area contributed by atoms with Crippen molar-refractivity contribution in [2.75, 3.05) is 0 Å². The molecule has 5 heteroatoms. The van der Waals surface area contributed by atoms with Gasteiger partial charge in [0.2, 0.25) is 0 Å². The van der Waals surface area contributed by atoms with E-state index < -0.39 is 0 Å². The van der Waals surface area contributed by atoms with Crippen molar-refractivity contribution in [2.45, 2.75) is 19.5 Å². The van der Waals surface area contributed by atoms with Crippen molar-refractivity contribution in [2.24, 2.45) is 0 Å². The highest BCUT2D eigenvalue weighted by molar-refractivity contribution is 14.1. The molecule has 1 atom stereocenters. The van der Waals surface area contributed by atoms with Crippen LogP contribution in [0.4, 0.5) is 5.69 Å². The van der Waals surface area contributed by atoms with E-state index in [1.165, 1.54) is 21.3 Å². The Labute approximate surface area is 131 Å². The smallest absolute Gasteiger partial charge is 0.269 e. The number of benzene rings is 2. The number of hydrogen-bond acceptors (Lipinski definition) is 3. The van der Waals surface area contributed by atoms with Gasteiger partial charge in [-0.15, -0.1) is 0 Å². The van der Waals surface area contributed by atoms with Crippen LogP contribution in [0.2, 0.25) is 0 Å². The van der Waals surface area contributed by atoms with Gasteiger partial charge in [0.15, 0.2) is 0 Å². The van der Waals surface area contributed by atoms with Gasteiger partial charge in [-0.3, -0.25) is 10.1 Å². The number of hydrogen-bond donors (Lipinski definition) is 1. The summed E-state index contributed by atoms with van der Waals surface area (Å²) in [5, 5.41) is 14.0. The monoisotopic (exact) mass is 382 g/mol. The van der Waals surface area contributed by atoms with Crippen LogP contribution in [0.5, 0.6) is 0 Å². The standard InChI is InChI=1S/C15H15IN2O2/c1-11(13-4-6-14(16)7-5-13)17-10-12-2-8-15(9-3-12)18(19)20/h2-9,11,17H,10H2,1H3. The van der Waals surface area contributed by atoms with E-state index in [0.29, 0.717) is 6.54 Å². The molecule has 0 aromatic heterocycles. The van der Waals surface area contributed by atoms with E-state index >= 15 is 0 Å². The Morgan fingerprint density at radius 1 is 1.15 bits per heavy atom. The third-order valence-electron chi connectivity index (χ3n) is 3.13. The van der Waals surface area contributed by atoms with E-state index in [-0.39, 0.29) is 16.7 Å². The highest BCUT2D eigenvalue weighted by atomic mass is 127. The minimum absolute atomic E-state index is 0.124. The minimum atomic E-state index is -0.384. The molecule has 4 nitrogen and oxygen atoms in total. The van der Waals surface area contributed by atoms with Crippen LogP contribution in [-0.2, 0) is 6.54 Å². The summed E-state index contributed by atoms with van der Waals surface area (Å²) in [4.78, 5) is 10.2. The first-order valence-corrected chi connectivity index (χ1v) is 7.36. The first-order valence-electron chi connectivity index (χ1n) is 6.28.